The van der Waals surface area contributed by atoms with Gasteiger partial charge in [-0.2, -0.15) is 0 Å². The van der Waals surface area contributed by atoms with Gasteiger partial charge in [-0.05, 0) is 6.07 Å². The van der Waals surface area contributed by atoms with E-state index in [-0.39, 0.29) is 4.87 Å². The number of aliphatic carboxylic acids is 1. The highest BCUT2D eigenvalue weighted by molar-refractivity contribution is 8.00. The number of thioether (sulfide) groups is 1. The van der Waals surface area contributed by atoms with Crippen LogP contribution in [0.1, 0.15) is 12.0 Å². The molecule has 0 amide bonds. The first-order chi connectivity index (χ1) is 8.21. The number of rotatable bonds is 1. The number of carbonyl (C=O) groups is 1. The molecule has 3 rings (SSSR count). The fourth-order valence-corrected chi connectivity index (χ4v) is 3.84. The average molecular weight is 251 g/mol. The van der Waals surface area contributed by atoms with Gasteiger partial charge in [-0.15, -0.1) is 11.8 Å². The topological polar surface area (TPSA) is 58.6 Å². The fraction of sp³-hybridized carbons (Fsp3) is 0.417. The maximum absolute atomic E-state index is 11.0. The molecule has 1 fully saturated rings. The second-order valence-electron chi connectivity index (χ2n) is 4.27. The van der Waals surface area contributed by atoms with Crippen molar-refractivity contribution in [1.82, 2.24) is 5.32 Å². The molecule has 2 heterocycles. The van der Waals surface area contributed by atoms with Gasteiger partial charge in [0.2, 0.25) is 0 Å². The van der Waals surface area contributed by atoms with Gasteiger partial charge >= 0.3 is 5.97 Å². The molecule has 0 aromatic heterocycles. The summed E-state index contributed by atoms with van der Waals surface area (Å²) in [6.45, 7) is 0.628. The molecular weight excluding hydrogens is 238 g/mol. The number of carboxylic acids is 1. The molecule has 0 aliphatic carbocycles. The van der Waals surface area contributed by atoms with Crippen LogP contribution in [0.2, 0.25) is 0 Å². The van der Waals surface area contributed by atoms with Crippen molar-refractivity contribution >= 4 is 17.7 Å². The number of carboxylic acid groups (broad SMARTS) is 1. The minimum atomic E-state index is -0.779. The molecular formula is C12H13NO3S. The Bertz CT molecular complexity index is 465. The van der Waals surface area contributed by atoms with Crippen LogP contribution in [0.3, 0.4) is 0 Å². The number of hydrogen-bond donors (Lipinski definition) is 2. The van der Waals surface area contributed by atoms with Crippen LogP contribution in [0.15, 0.2) is 24.3 Å². The van der Waals surface area contributed by atoms with E-state index in [9.17, 15) is 4.79 Å². The highest BCUT2D eigenvalue weighted by Crippen LogP contribution is 2.48. The predicted molar refractivity (Wildman–Crippen MR) is 65.2 cm³/mol. The highest BCUT2D eigenvalue weighted by Gasteiger charge is 2.46. The molecule has 1 unspecified atom stereocenters. The molecule has 2 aliphatic heterocycles. The minimum Gasteiger partial charge on any atom is -0.493 e. The largest absolute Gasteiger partial charge is 0.493 e. The summed E-state index contributed by atoms with van der Waals surface area (Å²) in [4.78, 5) is 10.8. The Labute approximate surface area is 103 Å². The van der Waals surface area contributed by atoms with Crippen LogP contribution in [0.25, 0.3) is 0 Å². The summed E-state index contributed by atoms with van der Waals surface area (Å²) in [6.07, 6.45) is 0.804. The lowest BCUT2D eigenvalue weighted by atomic mass is 9.99. The molecule has 5 heteroatoms. The van der Waals surface area contributed by atoms with Crippen LogP contribution in [-0.4, -0.2) is 29.5 Å². The number of benzene rings is 1. The molecule has 0 saturated carbocycles. The van der Waals surface area contributed by atoms with Crippen LogP contribution in [0, 0.1) is 0 Å². The van der Waals surface area contributed by atoms with E-state index in [1.165, 1.54) is 0 Å². The lowest BCUT2D eigenvalue weighted by molar-refractivity contribution is -0.139. The van der Waals surface area contributed by atoms with Crippen molar-refractivity contribution in [3.63, 3.8) is 0 Å². The van der Waals surface area contributed by atoms with Gasteiger partial charge in [-0.3, -0.25) is 10.1 Å². The number of fused-ring (bicyclic) bond motifs is 2. The molecule has 17 heavy (non-hydrogen) atoms. The average Bonchev–Trinajstić information content (AvgIpc) is 2.75. The smallest absolute Gasteiger partial charge is 0.321 e. The zero-order valence-corrected chi connectivity index (χ0v) is 10.00. The summed E-state index contributed by atoms with van der Waals surface area (Å²) in [7, 11) is 0. The lowest BCUT2D eigenvalue weighted by Crippen LogP contribution is -2.45. The van der Waals surface area contributed by atoms with Gasteiger partial charge < -0.3 is 9.84 Å². The van der Waals surface area contributed by atoms with Crippen LogP contribution in [0.5, 0.6) is 5.75 Å². The van der Waals surface area contributed by atoms with E-state index in [1.54, 1.807) is 11.8 Å². The van der Waals surface area contributed by atoms with Gasteiger partial charge in [-0.1, -0.05) is 18.2 Å². The van der Waals surface area contributed by atoms with E-state index >= 15 is 0 Å². The maximum atomic E-state index is 11.0. The van der Waals surface area contributed by atoms with E-state index < -0.39 is 12.0 Å². The van der Waals surface area contributed by atoms with Gasteiger partial charge in [0.25, 0.3) is 0 Å². The summed E-state index contributed by atoms with van der Waals surface area (Å²) in [5.74, 6) is 0.687. The summed E-state index contributed by atoms with van der Waals surface area (Å²) < 4.78 is 5.61. The normalized spacial score (nSPS) is 30.9. The minimum absolute atomic E-state index is 0.280. The van der Waals surface area contributed by atoms with E-state index in [4.69, 9.17) is 9.84 Å². The third kappa shape index (κ3) is 1.70. The first-order valence-corrected chi connectivity index (χ1v) is 6.57. The number of ether oxygens (including phenoxy) is 1. The van der Waals surface area contributed by atoms with Gasteiger partial charge in [0.15, 0.2) is 0 Å². The van der Waals surface area contributed by atoms with E-state index in [2.05, 4.69) is 5.32 Å². The molecule has 1 saturated heterocycles. The molecule has 4 nitrogen and oxygen atoms in total. The number of para-hydroxylation sites is 1. The molecule has 2 atom stereocenters. The maximum Gasteiger partial charge on any atom is 0.321 e. The Balaban J connectivity index is 1.98. The van der Waals surface area contributed by atoms with Crippen LogP contribution < -0.4 is 10.1 Å². The van der Waals surface area contributed by atoms with Crippen molar-refractivity contribution in [3.05, 3.63) is 29.8 Å². The van der Waals surface area contributed by atoms with Gasteiger partial charge in [0.1, 0.15) is 11.8 Å². The summed E-state index contributed by atoms with van der Waals surface area (Å²) >= 11 is 1.67. The van der Waals surface area contributed by atoms with Crippen molar-refractivity contribution in [3.8, 4) is 5.75 Å². The van der Waals surface area contributed by atoms with Gasteiger partial charge in [-0.25, -0.2) is 0 Å². The Morgan fingerprint density at radius 3 is 3.12 bits per heavy atom. The van der Waals surface area contributed by atoms with E-state index in [0.717, 1.165) is 17.7 Å². The Morgan fingerprint density at radius 2 is 2.35 bits per heavy atom. The third-order valence-electron chi connectivity index (χ3n) is 3.24. The summed E-state index contributed by atoms with van der Waals surface area (Å²) in [5.41, 5.74) is 1.07. The molecule has 2 N–H and O–H groups in total. The lowest BCUT2D eigenvalue weighted by Gasteiger charge is -2.35. The van der Waals surface area contributed by atoms with Crippen LogP contribution in [0.4, 0.5) is 0 Å². The van der Waals surface area contributed by atoms with E-state index in [0.29, 0.717) is 12.4 Å². The van der Waals surface area contributed by atoms with E-state index in [1.807, 2.05) is 24.3 Å². The van der Waals surface area contributed by atoms with Crippen molar-refractivity contribution < 1.29 is 14.6 Å². The van der Waals surface area contributed by atoms with Crippen LogP contribution >= 0.6 is 11.8 Å². The number of nitrogens with one attached hydrogen (secondary N) is 1. The number of hydrogen-bond acceptors (Lipinski definition) is 4. The Kier molecular flexibility index (Phi) is 2.52. The van der Waals surface area contributed by atoms with Crippen molar-refractivity contribution in [1.29, 1.82) is 0 Å². The van der Waals surface area contributed by atoms with Crippen molar-refractivity contribution in [2.45, 2.75) is 17.3 Å². The molecule has 1 spiro atoms. The molecule has 0 radical (unpaired) electrons. The van der Waals surface area contributed by atoms with Gasteiger partial charge in [0.05, 0.1) is 11.5 Å². The summed E-state index contributed by atoms with van der Waals surface area (Å²) in [5, 5.41) is 12.3. The molecule has 2 aliphatic rings. The van der Waals surface area contributed by atoms with Gasteiger partial charge in [0, 0.05) is 17.7 Å². The first kappa shape index (κ1) is 10.9. The fourth-order valence-electron chi connectivity index (χ4n) is 2.39. The SMILES string of the molecule is O=C(O)[C@@H]1CSC2(CCOc3ccccc32)N1. The second-order valence-corrected chi connectivity index (χ2v) is 5.59. The van der Waals surface area contributed by atoms with Crippen molar-refractivity contribution in [2.24, 2.45) is 0 Å². The zero-order chi connectivity index (χ0) is 11.9. The third-order valence-corrected chi connectivity index (χ3v) is 4.77. The van der Waals surface area contributed by atoms with Crippen molar-refractivity contribution in [2.75, 3.05) is 12.4 Å². The Morgan fingerprint density at radius 1 is 1.53 bits per heavy atom. The quantitative estimate of drug-likeness (QED) is 0.790. The highest BCUT2D eigenvalue weighted by atomic mass is 32.2. The monoisotopic (exact) mass is 251 g/mol. The molecule has 90 valence electrons. The first-order valence-electron chi connectivity index (χ1n) is 5.58. The molecule has 1 aromatic carbocycles. The molecule has 1 aromatic rings. The standard InChI is InChI=1S/C12H13NO3S/c14-11(15)9-7-17-12(13-9)5-6-16-10-4-2-1-3-8(10)12/h1-4,9,13H,5-7H2,(H,14,15)/t9-,12?/m0/s1. The predicted octanol–water partition coefficient (Wildman–Crippen LogP) is 1.41. The summed E-state index contributed by atoms with van der Waals surface area (Å²) in [6, 6.07) is 7.38. The molecule has 0 bridgehead atoms. The van der Waals surface area contributed by atoms with Crippen LogP contribution in [-0.2, 0) is 9.67 Å². The zero-order valence-electron chi connectivity index (χ0n) is 9.18. The Hall–Kier alpha value is -1.20. The second kappa shape index (κ2) is 3.92.